The molecule has 254 valence electrons. The average molecular weight is 696 g/mol. The predicted octanol–water partition coefficient (Wildman–Crippen LogP) is 13.1. The molecule has 0 spiro atoms. The second-order valence-corrected chi connectivity index (χ2v) is 13.4. The van der Waals surface area contributed by atoms with Gasteiger partial charge in [-0.2, -0.15) is 0 Å². The highest BCUT2D eigenvalue weighted by atomic mass is 19.1. The minimum Gasteiger partial charge on any atom is -0.456 e. The van der Waals surface area contributed by atoms with Gasteiger partial charge in [0.2, 0.25) is 0 Å². The molecule has 0 radical (unpaired) electrons. The van der Waals surface area contributed by atoms with Gasteiger partial charge in [-0.25, -0.2) is 19.3 Å². The fourth-order valence-electron chi connectivity index (χ4n) is 7.22. The summed E-state index contributed by atoms with van der Waals surface area (Å²) in [6, 6.07) is 61.0. The summed E-state index contributed by atoms with van der Waals surface area (Å²) >= 11 is 0. The molecule has 0 amide bonds. The van der Waals surface area contributed by atoms with Crippen molar-refractivity contribution in [2.45, 2.75) is 0 Å². The lowest BCUT2D eigenvalue weighted by atomic mass is 9.97. The number of rotatable bonds is 6. The van der Waals surface area contributed by atoms with E-state index in [1.54, 1.807) is 6.07 Å². The first-order valence-electron chi connectivity index (χ1n) is 17.9. The summed E-state index contributed by atoms with van der Waals surface area (Å²) < 4.78 is 19.7. The highest BCUT2D eigenvalue weighted by Gasteiger charge is 2.14. The number of halogens is 1. The Labute approximate surface area is 310 Å². The highest BCUT2D eigenvalue weighted by Crippen LogP contribution is 2.35. The van der Waals surface area contributed by atoms with Crippen LogP contribution in [0.4, 0.5) is 4.39 Å². The topological polar surface area (TPSA) is 51.8 Å². The van der Waals surface area contributed by atoms with Crippen molar-refractivity contribution in [3.05, 3.63) is 188 Å². The normalized spacial score (nSPS) is 11.4. The van der Waals surface area contributed by atoms with Crippen LogP contribution in [0.3, 0.4) is 0 Å². The maximum absolute atomic E-state index is 13.8. The summed E-state index contributed by atoms with van der Waals surface area (Å²) in [4.78, 5) is 14.9. The number of nitrogens with zero attached hydrogens (tertiary/aromatic N) is 3. The lowest BCUT2D eigenvalue weighted by Gasteiger charge is -2.11. The quantitative estimate of drug-likeness (QED) is 0.174. The summed E-state index contributed by atoms with van der Waals surface area (Å²) in [5.74, 6) is 1.56. The Morgan fingerprint density at radius 2 is 0.852 bits per heavy atom. The average Bonchev–Trinajstić information content (AvgIpc) is 3.60. The van der Waals surface area contributed by atoms with Crippen molar-refractivity contribution in [2.75, 3.05) is 0 Å². The molecule has 0 fully saturated rings. The van der Waals surface area contributed by atoms with Gasteiger partial charge in [-0.05, 0) is 68.4 Å². The van der Waals surface area contributed by atoms with Crippen LogP contribution in [0.1, 0.15) is 0 Å². The van der Waals surface area contributed by atoms with Crippen LogP contribution in [0.25, 0.3) is 100 Å². The van der Waals surface area contributed by atoms with E-state index < -0.39 is 0 Å². The standard InChI is InChI=1S/C49H30FN3O/c50-40-26-27-43-44-29-39(25-28-45(44)54-46(43)30-40)33-15-13-31(14-16-33)32-17-21-37(22-18-32)48-51-47(36-8-2-1-3-9-36)52-49(53-48)38-23-19-35(20-24-38)42-12-6-10-34-7-4-5-11-41(34)42/h1-30H. The first-order valence-corrected chi connectivity index (χ1v) is 17.9. The van der Waals surface area contributed by atoms with Crippen LogP contribution in [-0.4, -0.2) is 15.0 Å². The van der Waals surface area contributed by atoms with Crippen LogP contribution in [-0.2, 0) is 0 Å². The van der Waals surface area contributed by atoms with E-state index in [2.05, 4.69) is 121 Å². The molecule has 8 aromatic carbocycles. The minimum absolute atomic E-state index is 0.306. The Morgan fingerprint density at radius 3 is 1.52 bits per heavy atom. The number of furan rings is 1. The second kappa shape index (κ2) is 13.1. The summed E-state index contributed by atoms with van der Waals surface area (Å²) in [6.07, 6.45) is 0. The fraction of sp³-hybridized carbons (Fsp3) is 0. The lowest BCUT2D eigenvalue weighted by molar-refractivity contribution is 0.618. The van der Waals surface area contributed by atoms with Gasteiger partial charge in [0.05, 0.1) is 0 Å². The summed E-state index contributed by atoms with van der Waals surface area (Å²) in [7, 11) is 0. The fourth-order valence-corrected chi connectivity index (χ4v) is 7.22. The number of aromatic nitrogens is 3. The third-order valence-electron chi connectivity index (χ3n) is 10.0. The van der Waals surface area contributed by atoms with E-state index in [0.29, 0.717) is 23.1 Å². The number of fused-ring (bicyclic) bond motifs is 4. The molecule has 5 heteroatoms. The van der Waals surface area contributed by atoms with Crippen molar-refractivity contribution in [3.8, 4) is 67.5 Å². The first kappa shape index (κ1) is 31.5. The van der Waals surface area contributed by atoms with Crippen LogP contribution < -0.4 is 0 Å². The Bertz CT molecular complexity index is 2970. The van der Waals surface area contributed by atoms with Crippen LogP contribution in [0.2, 0.25) is 0 Å². The number of benzene rings is 8. The number of hydrogen-bond acceptors (Lipinski definition) is 4. The Kier molecular flexibility index (Phi) is 7.62. The maximum Gasteiger partial charge on any atom is 0.164 e. The van der Waals surface area contributed by atoms with Gasteiger partial charge in [0.15, 0.2) is 17.5 Å². The number of hydrogen-bond donors (Lipinski definition) is 0. The molecule has 0 aliphatic heterocycles. The van der Waals surface area contributed by atoms with E-state index in [0.717, 1.165) is 60.9 Å². The van der Waals surface area contributed by atoms with Gasteiger partial charge in [0.25, 0.3) is 0 Å². The van der Waals surface area contributed by atoms with Crippen molar-refractivity contribution in [1.29, 1.82) is 0 Å². The minimum atomic E-state index is -0.306. The molecule has 2 aromatic heterocycles. The molecular weight excluding hydrogens is 666 g/mol. The Hall–Kier alpha value is -7.24. The van der Waals surface area contributed by atoms with Crippen molar-refractivity contribution in [1.82, 2.24) is 15.0 Å². The summed E-state index contributed by atoms with van der Waals surface area (Å²) in [6.45, 7) is 0. The van der Waals surface area contributed by atoms with E-state index >= 15 is 0 Å². The van der Waals surface area contributed by atoms with Gasteiger partial charge in [-0.15, -0.1) is 0 Å². The zero-order valence-corrected chi connectivity index (χ0v) is 28.9. The van der Waals surface area contributed by atoms with Crippen molar-refractivity contribution in [3.63, 3.8) is 0 Å². The van der Waals surface area contributed by atoms with Crippen molar-refractivity contribution in [2.24, 2.45) is 0 Å². The Balaban J connectivity index is 0.955. The van der Waals surface area contributed by atoms with E-state index in [9.17, 15) is 4.39 Å². The summed E-state index contributed by atoms with van der Waals surface area (Å²) in [5.41, 5.74) is 10.7. The molecule has 0 saturated carbocycles. The third-order valence-corrected chi connectivity index (χ3v) is 10.0. The molecular formula is C49H30FN3O. The van der Waals surface area contributed by atoms with Crippen LogP contribution in [0, 0.1) is 5.82 Å². The first-order chi connectivity index (χ1) is 26.6. The van der Waals surface area contributed by atoms with Gasteiger partial charge in [0.1, 0.15) is 17.0 Å². The van der Waals surface area contributed by atoms with E-state index in [4.69, 9.17) is 19.4 Å². The molecule has 0 saturated heterocycles. The lowest BCUT2D eigenvalue weighted by Crippen LogP contribution is -2.00. The highest BCUT2D eigenvalue weighted by molar-refractivity contribution is 6.06. The van der Waals surface area contributed by atoms with Crippen LogP contribution >= 0.6 is 0 Å². The molecule has 0 aliphatic carbocycles. The van der Waals surface area contributed by atoms with Crippen LogP contribution in [0.15, 0.2) is 186 Å². The second-order valence-electron chi connectivity index (χ2n) is 13.4. The zero-order valence-electron chi connectivity index (χ0n) is 28.9. The van der Waals surface area contributed by atoms with E-state index in [-0.39, 0.29) is 5.82 Å². The largest absolute Gasteiger partial charge is 0.456 e. The van der Waals surface area contributed by atoms with Crippen molar-refractivity contribution >= 4 is 32.7 Å². The molecule has 0 atom stereocenters. The molecule has 0 aliphatic rings. The molecule has 2 heterocycles. The van der Waals surface area contributed by atoms with Crippen molar-refractivity contribution < 1.29 is 8.81 Å². The molecule has 4 nitrogen and oxygen atoms in total. The Morgan fingerprint density at radius 1 is 0.333 bits per heavy atom. The molecule has 0 bridgehead atoms. The zero-order chi connectivity index (χ0) is 36.0. The maximum atomic E-state index is 13.8. The van der Waals surface area contributed by atoms with Crippen LogP contribution in [0.5, 0.6) is 0 Å². The van der Waals surface area contributed by atoms with Gasteiger partial charge in [0, 0.05) is 33.5 Å². The smallest absolute Gasteiger partial charge is 0.164 e. The van der Waals surface area contributed by atoms with Gasteiger partial charge < -0.3 is 4.42 Å². The van der Waals surface area contributed by atoms with E-state index in [1.165, 1.54) is 28.5 Å². The molecule has 54 heavy (non-hydrogen) atoms. The molecule has 0 N–H and O–H groups in total. The third kappa shape index (κ3) is 5.78. The summed E-state index contributed by atoms with van der Waals surface area (Å²) in [5, 5.41) is 4.31. The predicted molar refractivity (Wildman–Crippen MR) is 217 cm³/mol. The molecule has 0 unspecified atom stereocenters. The molecule has 10 rings (SSSR count). The van der Waals surface area contributed by atoms with Gasteiger partial charge in [-0.1, -0.05) is 152 Å². The monoisotopic (exact) mass is 695 g/mol. The SMILES string of the molecule is Fc1ccc2c(c1)oc1ccc(-c3ccc(-c4ccc(-c5nc(-c6ccccc6)nc(-c6ccc(-c7cccc8ccccc78)cc6)n5)cc4)cc3)cc12. The molecule has 10 aromatic rings. The van der Waals surface area contributed by atoms with E-state index in [1.807, 2.05) is 42.5 Å². The van der Waals surface area contributed by atoms with Gasteiger partial charge in [-0.3, -0.25) is 0 Å². The van der Waals surface area contributed by atoms with Gasteiger partial charge >= 0.3 is 0 Å².